The number of aromatic nitrogens is 3. The fourth-order valence-corrected chi connectivity index (χ4v) is 23.7. The summed E-state index contributed by atoms with van der Waals surface area (Å²) in [6, 6.07) is 74.3. The summed E-state index contributed by atoms with van der Waals surface area (Å²) >= 11 is 24.7. The average molecular weight is 2150 g/mol. The summed E-state index contributed by atoms with van der Waals surface area (Å²) in [4.78, 5) is 91.4. The van der Waals surface area contributed by atoms with Gasteiger partial charge in [0, 0.05) is 165 Å². The fraction of sp³-hybridized carbons (Fsp3) is 0.239. The second-order valence-electron chi connectivity index (χ2n) is 35.2. The largest absolute Gasteiger partial charge is 0.496 e. The topological polar surface area (TPSA) is 302 Å². The van der Waals surface area contributed by atoms with E-state index < -0.39 is 31.8 Å². The van der Waals surface area contributed by atoms with Crippen molar-refractivity contribution >= 4 is 168 Å². The van der Waals surface area contributed by atoms with Gasteiger partial charge in [0.1, 0.15) is 29.2 Å². The van der Waals surface area contributed by atoms with E-state index >= 15 is 0 Å². The zero-order chi connectivity index (χ0) is 102. The van der Waals surface area contributed by atoms with Crippen molar-refractivity contribution in [1.29, 1.82) is 0 Å². The van der Waals surface area contributed by atoms with Crippen LogP contribution in [0.15, 0.2) is 342 Å². The van der Waals surface area contributed by atoms with E-state index in [1.807, 2.05) is 157 Å². The minimum Gasteiger partial charge on any atom is -0.496 e. The number of para-hydroxylation sites is 1. The van der Waals surface area contributed by atoms with Crippen LogP contribution in [-0.2, 0) is 40.9 Å². The highest BCUT2D eigenvalue weighted by atomic mass is 79.9. The first-order valence-corrected chi connectivity index (χ1v) is 54.1. The van der Waals surface area contributed by atoms with Gasteiger partial charge in [-0.05, 0) is 253 Å². The average Bonchev–Trinajstić information content (AvgIpc) is 1.55. The number of nitrogens with one attached hydrogen (secondary N) is 4. The number of allylic oxidation sites excluding steroid dienone is 6. The molecule has 145 heavy (non-hydrogen) atoms. The van der Waals surface area contributed by atoms with E-state index in [0.29, 0.717) is 127 Å². The lowest BCUT2D eigenvalue weighted by Crippen LogP contribution is -2.41. The second kappa shape index (κ2) is 50.6. The third-order valence-corrected chi connectivity index (χ3v) is 33.0. The molecule has 3 aliphatic carbocycles. The first-order valence-electron chi connectivity index (χ1n) is 47.6. The molecule has 1 saturated carbocycles. The monoisotopic (exact) mass is 2140 g/mol. The van der Waals surface area contributed by atoms with E-state index in [9.17, 15) is 45.6 Å². The number of benzene rings is 9. The number of sulfonamides is 2. The minimum atomic E-state index is -3.58. The Morgan fingerprint density at radius 2 is 1.37 bits per heavy atom. The number of halogens is 4. The summed E-state index contributed by atoms with van der Waals surface area (Å²) in [5.41, 5.74) is 13.6. The Bertz CT molecular complexity index is 7480. The van der Waals surface area contributed by atoms with Crippen molar-refractivity contribution in [2.24, 2.45) is 11.8 Å². The maximum absolute atomic E-state index is 13.1. The maximum atomic E-state index is 13.1. The van der Waals surface area contributed by atoms with Gasteiger partial charge in [-0.2, -0.15) is 8.61 Å². The van der Waals surface area contributed by atoms with Gasteiger partial charge in [0.05, 0.1) is 58.2 Å². The number of ether oxygens (including phenoxy) is 3. The molecule has 14 aromatic rings. The first kappa shape index (κ1) is 106. The Kier molecular flexibility index (Phi) is 37.0. The van der Waals surface area contributed by atoms with Gasteiger partial charge in [0.2, 0.25) is 31.9 Å². The summed E-state index contributed by atoms with van der Waals surface area (Å²) < 4.78 is 76.2. The quantitative estimate of drug-likeness (QED) is 0.0235. The van der Waals surface area contributed by atoms with Crippen LogP contribution in [0.3, 0.4) is 0 Å². The zero-order valence-electron chi connectivity index (χ0n) is 80.5. The van der Waals surface area contributed by atoms with Gasteiger partial charge in [0.15, 0.2) is 11.2 Å². The van der Waals surface area contributed by atoms with Crippen LogP contribution in [0.4, 0.5) is 27.7 Å². The van der Waals surface area contributed by atoms with Crippen molar-refractivity contribution < 1.29 is 54.6 Å². The fourth-order valence-electron chi connectivity index (χ4n) is 17.6. The van der Waals surface area contributed by atoms with Gasteiger partial charge in [0.25, 0.3) is 0 Å². The van der Waals surface area contributed by atoms with Crippen molar-refractivity contribution in [3.63, 3.8) is 0 Å². The number of Topliss-reactive ketones (excluding diaryl/α,β-unsaturated/α-hetero) is 1. The molecule has 32 heteroatoms. The molecule has 0 radical (unpaired) electrons. The molecular formula is C113H110BrCl3N10O14S4. The molecule has 3 amide bonds. The normalized spacial score (nSPS) is 15.5. The van der Waals surface area contributed by atoms with Crippen LogP contribution in [0, 0.1) is 18.8 Å². The maximum Gasteiger partial charge on any atom is 0.411 e. The van der Waals surface area contributed by atoms with E-state index in [2.05, 4.69) is 116 Å². The molecule has 748 valence electrons. The molecule has 20 rings (SSSR count). The van der Waals surface area contributed by atoms with Gasteiger partial charge in [-0.1, -0.05) is 187 Å². The summed E-state index contributed by atoms with van der Waals surface area (Å²) in [7, 11) is -2.71. The van der Waals surface area contributed by atoms with E-state index in [0.717, 1.165) is 136 Å². The summed E-state index contributed by atoms with van der Waals surface area (Å²) in [6.07, 6.45) is 27.0. The van der Waals surface area contributed by atoms with Crippen LogP contribution in [0.5, 0.6) is 11.5 Å². The van der Waals surface area contributed by atoms with Crippen LogP contribution >= 0.6 is 73.4 Å². The second-order valence-corrected chi connectivity index (χ2v) is 43.0. The van der Waals surface area contributed by atoms with Crippen molar-refractivity contribution in [3.8, 4) is 44.3 Å². The van der Waals surface area contributed by atoms with Crippen LogP contribution < -0.4 is 46.3 Å². The minimum absolute atomic E-state index is 0.0197. The highest BCUT2D eigenvalue weighted by Gasteiger charge is 2.34. The number of aromatic amines is 1. The number of rotatable bonds is 25. The van der Waals surface area contributed by atoms with Gasteiger partial charge >= 0.3 is 11.7 Å². The molecular weight excluding hydrogens is 2040 g/mol. The first-order chi connectivity index (χ1) is 70.2. The van der Waals surface area contributed by atoms with Crippen molar-refractivity contribution in [2.75, 3.05) is 87.6 Å². The lowest BCUT2D eigenvalue weighted by atomic mass is 9.91. The Morgan fingerprint density at radius 3 is 2.08 bits per heavy atom. The number of pyridine rings is 1. The Balaban J connectivity index is 0.000000131. The van der Waals surface area contributed by atoms with E-state index in [-0.39, 0.29) is 33.8 Å². The molecule has 3 aliphatic heterocycles. The van der Waals surface area contributed by atoms with Gasteiger partial charge in [-0.25, -0.2) is 36.4 Å². The molecule has 3 saturated heterocycles. The van der Waals surface area contributed by atoms with E-state index in [1.54, 1.807) is 126 Å². The van der Waals surface area contributed by atoms with Crippen LogP contribution in [0.25, 0.3) is 60.8 Å². The SMILES string of the molecule is COC(=O)Nc1ccc(S(=O)(=O)N2CCC(C3=CCC=C3)CC2)cc1.COc1cc(OC)c2c(-c3cccc(-c4sccc4C(C)=O)c3)cc(=O)oc2c1.Cc1ccc2c(=O)cc(-c3ccccc3)[nH]c2c1.O=C(/C=C/c1ccccc1Cl)NCC1CCCN1c1ccccc1.O=C(Nc1cccc(Cl)c1Cl)C1CCCN(c2cc(C3CC3)ncn2)C1.O=S(=O)(c1ccccc1Br)N(CC1=CCC=C1)Cc1cccs1. The molecule has 0 bridgehead atoms. The summed E-state index contributed by atoms with van der Waals surface area (Å²) in [5, 5.41) is 15.2. The third-order valence-electron chi connectivity index (χ3n) is 25.3. The Labute approximate surface area is 875 Å². The number of amides is 3. The van der Waals surface area contributed by atoms with E-state index in [1.165, 1.54) is 60.7 Å². The number of anilines is 4. The lowest BCUT2D eigenvalue weighted by molar-refractivity contribution is -0.120. The van der Waals surface area contributed by atoms with Crippen molar-refractivity contribution in [3.05, 3.63) is 381 Å². The standard InChI is InChI=1S/C23H18O5S.C20H21ClN2O.C19H20Cl2N4O.C18H22N2O4S.C17H16BrNO2S2.C16H13NO/c1-13(24)17-7-8-29-23(17)15-6-4-5-14(9-15)18-12-21(25)28-20-11-16(26-2)10-19(27-3)22(18)20;21-19-11-5-4-7-16(19)12-13-20(24)22-15-18-10-6-14-23(18)17-8-2-1-3-9-17;20-14-4-1-5-15(18(14)21)24-19(26)13-3-2-8-25(10-13)17-9-16(12-6-7-12)22-11-23-17;1-24-18(21)19-16-6-8-17(9-7-16)25(22,23)20-12-10-15(11-13-20)14-4-2-3-5-14;18-16-9-3-4-10-17(16)23(20,21)19(12-14-6-1-2-7-14)13-15-8-5-11-22-15;1-11-7-8-13-15(9-11)17-14(10-16(13)18)12-5-3-2-4-6-12/h4-12H,1-3H3;1-5,7-9,11-13,18H,6,10,14-15H2,(H,22,24);1,4-5,9,11-13H,2-3,6-8,10H2,(H,24,26);2,4-9,15H,3,10-13H2,1H3,(H,19,21);1,3-11H,2,12-13H2;2-10H,1H3,(H,17,18)/b;13-12+;;;;. The number of hydrogen-bond acceptors (Lipinski definition) is 20. The molecule has 4 fully saturated rings. The number of carbonyl (C=O) groups excluding carboxylic acids is 4. The Hall–Kier alpha value is -13.2. The molecule has 2 atom stereocenters. The number of fused-ring (bicyclic) bond motifs is 2. The van der Waals surface area contributed by atoms with Crippen molar-refractivity contribution in [2.45, 2.75) is 106 Å². The number of carbonyl (C=O) groups is 4. The highest BCUT2D eigenvalue weighted by molar-refractivity contribution is 9.10. The van der Waals surface area contributed by atoms with Gasteiger partial charge < -0.3 is 44.0 Å². The Morgan fingerprint density at radius 1 is 0.648 bits per heavy atom. The third kappa shape index (κ3) is 28.1. The number of ketones is 1. The molecule has 2 unspecified atom stereocenters. The number of piperidine rings is 2. The summed E-state index contributed by atoms with van der Waals surface area (Å²) in [5.74, 6) is 2.83. The smallest absolute Gasteiger partial charge is 0.411 e. The van der Waals surface area contributed by atoms with Crippen LogP contribution in [0.1, 0.15) is 109 Å². The molecule has 4 N–H and O–H groups in total. The predicted molar refractivity (Wildman–Crippen MR) is 587 cm³/mol. The number of aryl methyl sites for hydroxylation is 1. The van der Waals surface area contributed by atoms with Gasteiger partial charge in [-0.15, -0.1) is 22.7 Å². The number of hydrogen-bond donors (Lipinski definition) is 4. The number of nitrogens with zero attached hydrogens (tertiary/aromatic N) is 6. The molecule has 8 heterocycles. The molecule has 0 spiro atoms. The van der Waals surface area contributed by atoms with Crippen LogP contribution in [-0.4, -0.2) is 137 Å². The van der Waals surface area contributed by atoms with Crippen molar-refractivity contribution in [1.82, 2.24) is 28.9 Å². The summed E-state index contributed by atoms with van der Waals surface area (Å²) in [6.45, 7) is 8.65. The van der Waals surface area contributed by atoms with Crippen LogP contribution in [0.2, 0.25) is 15.1 Å². The molecule has 6 aliphatic rings. The predicted octanol–water partition coefficient (Wildman–Crippen LogP) is 25.3. The number of H-pyrrole nitrogens is 1. The number of methoxy groups -OCH3 is 3. The zero-order valence-corrected chi connectivity index (χ0v) is 87.6. The molecule has 5 aromatic heterocycles. The lowest BCUT2D eigenvalue weighted by Gasteiger charge is -2.33. The van der Waals surface area contributed by atoms with E-state index in [4.69, 9.17) is 48.7 Å². The number of thiophene rings is 2. The highest BCUT2D eigenvalue weighted by Crippen LogP contribution is 2.43. The molecule has 9 aromatic carbocycles. The molecule has 24 nitrogen and oxygen atoms in total. The van der Waals surface area contributed by atoms with Gasteiger partial charge in [-0.3, -0.25) is 24.5 Å².